The van der Waals surface area contributed by atoms with Crippen molar-refractivity contribution in [3.8, 4) is 0 Å². The number of rotatable bonds is 2. The summed E-state index contributed by atoms with van der Waals surface area (Å²) in [5, 5.41) is 2.61. The number of amides is 2. The van der Waals surface area contributed by atoms with Gasteiger partial charge in [0.05, 0.1) is 0 Å². The first kappa shape index (κ1) is 7.75. The normalized spacial score (nSPS) is 9.18. The minimum atomic E-state index is -0.242. The van der Waals surface area contributed by atoms with Crippen LogP contribution in [-0.2, 0) is 6.54 Å². The van der Waals surface area contributed by atoms with Gasteiger partial charge in [0.25, 0.3) is 0 Å². The van der Waals surface area contributed by atoms with E-state index in [1.807, 2.05) is 30.3 Å². The Hall–Kier alpha value is -1.35. The monoisotopic (exact) mass is 151 g/mol. The average Bonchev–Trinajstić information content (AvgIpc) is 2.03. The van der Waals surface area contributed by atoms with Gasteiger partial charge in [-0.15, -0.1) is 0 Å². The lowest BCUT2D eigenvalue weighted by Gasteiger charge is -1.97. The van der Waals surface area contributed by atoms with Crippen LogP contribution in [0.4, 0.5) is 4.79 Å². The molecule has 11 heavy (non-hydrogen) atoms. The summed E-state index contributed by atoms with van der Waals surface area (Å²) in [5.74, 6) is 0. The van der Waals surface area contributed by atoms with E-state index >= 15 is 0 Å². The molecular formula is C8H11N2O+. The Balaban J connectivity index is 2.45. The van der Waals surface area contributed by atoms with Gasteiger partial charge in [-0.2, -0.15) is 0 Å². The van der Waals surface area contributed by atoms with Crippen LogP contribution in [0.25, 0.3) is 0 Å². The largest absolute Gasteiger partial charge is 0.411 e. The van der Waals surface area contributed by atoms with Crippen LogP contribution in [0.3, 0.4) is 0 Å². The van der Waals surface area contributed by atoms with Crippen LogP contribution in [0.2, 0.25) is 0 Å². The minimum absolute atomic E-state index is 0.242. The fourth-order valence-electron chi connectivity index (χ4n) is 0.797. The molecule has 1 aromatic carbocycles. The molecule has 58 valence electrons. The van der Waals surface area contributed by atoms with Gasteiger partial charge in [0.2, 0.25) is 0 Å². The molecule has 0 aliphatic heterocycles. The maximum atomic E-state index is 10.4. The van der Waals surface area contributed by atoms with Crippen LogP contribution in [0.5, 0.6) is 0 Å². The molecule has 0 radical (unpaired) electrons. The van der Waals surface area contributed by atoms with Gasteiger partial charge in [-0.1, -0.05) is 30.3 Å². The number of quaternary nitrogens is 1. The van der Waals surface area contributed by atoms with Crippen LogP contribution in [-0.4, -0.2) is 6.03 Å². The van der Waals surface area contributed by atoms with Crippen molar-refractivity contribution in [1.82, 2.24) is 5.32 Å². The zero-order chi connectivity index (χ0) is 8.10. The molecule has 0 atom stereocenters. The van der Waals surface area contributed by atoms with E-state index in [4.69, 9.17) is 0 Å². The van der Waals surface area contributed by atoms with Gasteiger partial charge in [0, 0.05) is 6.54 Å². The fourth-order valence-corrected chi connectivity index (χ4v) is 0.797. The van der Waals surface area contributed by atoms with Gasteiger partial charge in [0.15, 0.2) is 0 Å². The average molecular weight is 151 g/mol. The van der Waals surface area contributed by atoms with E-state index < -0.39 is 0 Å². The topological polar surface area (TPSA) is 56.7 Å². The zero-order valence-corrected chi connectivity index (χ0v) is 6.21. The van der Waals surface area contributed by atoms with Crippen molar-refractivity contribution in [2.75, 3.05) is 0 Å². The van der Waals surface area contributed by atoms with Crippen molar-refractivity contribution >= 4 is 6.03 Å². The summed E-state index contributed by atoms with van der Waals surface area (Å²) < 4.78 is 0. The van der Waals surface area contributed by atoms with E-state index in [2.05, 4.69) is 11.1 Å². The number of hydrogen-bond donors (Lipinski definition) is 2. The molecule has 0 fully saturated rings. The zero-order valence-electron chi connectivity index (χ0n) is 6.21. The van der Waals surface area contributed by atoms with Crippen LogP contribution >= 0.6 is 0 Å². The second-order valence-corrected chi connectivity index (χ2v) is 2.26. The Morgan fingerprint density at radius 2 is 2.00 bits per heavy atom. The summed E-state index contributed by atoms with van der Waals surface area (Å²) in [6.07, 6.45) is 0. The van der Waals surface area contributed by atoms with Gasteiger partial charge in [-0.25, -0.2) is 4.79 Å². The smallest absolute Gasteiger partial charge is 0.302 e. The Kier molecular flexibility index (Phi) is 2.63. The van der Waals surface area contributed by atoms with E-state index in [9.17, 15) is 4.79 Å². The van der Waals surface area contributed by atoms with Gasteiger partial charge in [-0.3, -0.25) is 5.73 Å². The Labute approximate surface area is 65.2 Å². The number of benzene rings is 1. The highest BCUT2D eigenvalue weighted by molar-refractivity contribution is 5.61. The predicted octanol–water partition coefficient (Wildman–Crippen LogP) is 0.138. The molecule has 0 unspecified atom stereocenters. The number of hydrogen-bond acceptors (Lipinski definition) is 1. The summed E-state index contributed by atoms with van der Waals surface area (Å²) >= 11 is 0. The summed E-state index contributed by atoms with van der Waals surface area (Å²) in [7, 11) is 0. The summed E-state index contributed by atoms with van der Waals surface area (Å²) in [5.41, 5.74) is 4.29. The molecule has 0 heterocycles. The lowest BCUT2D eigenvalue weighted by atomic mass is 10.2. The third-order valence-corrected chi connectivity index (χ3v) is 1.33. The summed E-state index contributed by atoms with van der Waals surface area (Å²) in [6.45, 7) is 0.559. The third-order valence-electron chi connectivity index (χ3n) is 1.33. The van der Waals surface area contributed by atoms with Crippen LogP contribution in [0, 0.1) is 0 Å². The van der Waals surface area contributed by atoms with E-state index in [1.54, 1.807) is 0 Å². The maximum Gasteiger partial charge on any atom is 0.411 e. The predicted molar refractivity (Wildman–Crippen MR) is 41.6 cm³/mol. The molecule has 0 aromatic heterocycles. The number of carbonyl (C=O) groups excluding carboxylic acids is 1. The van der Waals surface area contributed by atoms with E-state index in [1.165, 1.54) is 0 Å². The molecule has 0 bridgehead atoms. The maximum absolute atomic E-state index is 10.4. The minimum Gasteiger partial charge on any atom is -0.302 e. The molecule has 0 aliphatic rings. The Morgan fingerprint density at radius 3 is 2.55 bits per heavy atom. The molecule has 3 heteroatoms. The molecule has 1 aromatic rings. The van der Waals surface area contributed by atoms with Gasteiger partial charge in [-0.05, 0) is 5.56 Å². The molecular weight excluding hydrogens is 140 g/mol. The van der Waals surface area contributed by atoms with Crippen LogP contribution in [0.1, 0.15) is 5.56 Å². The van der Waals surface area contributed by atoms with Gasteiger partial charge < -0.3 is 5.32 Å². The number of carbonyl (C=O) groups is 1. The Bertz CT molecular complexity index is 233. The lowest BCUT2D eigenvalue weighted by molar-refractivity contribution is -0.251. The van der Waals surface area contributed by atoms with Gasteiger partial charge in [0.1, 0.15) is 0 Å². The molecule has 0 saturated carbocycles. The summed E-state index contributed by atoms with van der Waals surface area (Å²) in [6, 6.07) is 9.48. The molecule has 0 saturated heterocycles. The first-order chi connectivity index (χ1) is 5.29. The number of urea groups is 1. The highest BCUT2D eigenvalue weighted by Crippen LogP contribution is 1.96. The first-order valence-electron chi connectivity index (χ1n) is 3.43. The Morgan fingerprint density at radius 1 is 1.36 bits per heavy atom. The second kappa shape index (κ2) is 3.73. The number of nitrogens with one attached hydrogen (secondary N) is 1. The van der Waals surface area contributed by atoms with Crippen molar-refractivity contribution in [3.63, 3.8) is 0 Å². The van der Waals surface area contributed by atoms with E-state index in [-0.39, 0.29) is 6.03 Å². The summed E-state index contributed by atoms with van der Waals surface area (Å²) in [4.78, 5) is 10.4. The molecule has 4 N–H and O–H groups in total. The van der Waals surface area contributed by atoms with E-state index in [0.717, 1.165) is 5.56 Å². The molecule has 0 aliphatic carbocycles. The molecule has 0 spiro atoms. The van der Waals surface area contributed by atoms with Crippen LogP contribution < -0.4 is 11.1 Å². The van der Waals surface area contributed by atoms with Crippen molar-refractivity contribution in [2.24, 2.45) is 0 Å². The highest BCUT2D eigenvalue weighted by atomic mass is 16.2. The fraction of sp³-hybridized carbons (Fsp3) is 0.125. The van der Waals surface area contributed by atoms with Crippen LogP contribution in [0.15, 0.2) is 30.3 Å². The standard InChI is InChI=1S/C8H10N2O/c9-8(11)10-6-7-4-2-1-3-5-7/h1-5H,6H2,(H3,9,10,11)/p+1. The van der Waals surface area contributed by atoms with Gasteiger partial charge >= 0.3 is 6.03 Å². The lowest BCUT2D eigenvalue weighted by Crippen LogP contribution is -2.62. The van der Waals surface area contributed by atoms with Crippen molar-refractivity contribution in [3.05, 3.63) is 35.9 Å². The molecule has 1 rings (SSSR count). The molecule has 3 nitrogen and oxygen atoms in total. The third kappa shape index (κ3) is 2.82. The highest BCUT2D eigenvalue weighted by Gasteiger charge is 1.94. The first-order valence-corrected chi connectivity index (χ1v) is 3.43. The van der Waals surface area contributed by atoms with Crippen molar-refractivity contribution < 1.29 is 10.5 Å². The molecule has 2 amide bonds. The SMILES string of the molecule is [NH3+]C(=O)NCc1ccccc1. The quantitative estimate of drug-likeness (QED) is 0.620. The van der Waals surface area contributed by atoms with E-state index in [0.29, 0.717) is 6.54 Å². The van der Waals surface area contributed by atoms with Crippen molar-refractivity contribution in [1.29, 1.82) is 0 Å². The van der Waals surface area contributed by atoms with Crippen molar-refractivity contribution in [2.45, 2.75) is 6.54 Å². The second-order valence-electron chi connectivity index (χ2n) is 2.26.